The number of nitrogens with zero attached hydrogens (tertiary/aromatic N) is 1. The van der Waals surface area contributed by atoms with E-state index in [1.807, 2.05) is 73.7 Å². The Morgan fingerprint density at radius 1 is 0.882 bits per heavy atom. The number of carbonyl (C=O) groups excluding carboxylic acids is 2. The minimum atomic E-state index is -1.02. The lowest BCUT2D eigenvalue weighted by Crippen LogP contribution is -2.39. The van der Waals surface area contributed by atoms with Crippen molar-refractivity contribution in [2.75, 3.05) is 12.3 Å². The molecule has 1 atom stereocenters. The number of carbonyl (C=O) groups is 3. The van der Waals surface area contributed by atoms with Gasteiger partial charge in [0, 0.05) is 30.0 Å². The number of hydrogen-bond donors (Lipinski definition) is 1. The van der Waals surface area contributed by atoms with Gasteiger partial charge < -0.3 is 5.11 Å². The summed E-state index contributed by atoms with van der Waals surface area (Å²) >= 11 is 1.48. The molecule has 5 nitrogen and oxygen atoms in total. The molecule has 2 amide bonds. The fourth-order valence-electron chi connectivity index (χ4n) is 3.61. The van der Waals surface area contributed by atoms with E-state index in [0.717, 1.165) is 16.7 Å². The van der Waals surface area contributed by atoms with Crippen molar-refractivity contribution in [3.05, 3.63) is 96.1 Å². The van der Waals surface area contributed by atoms with Crippen LogP contribution >= 0.6 is 11.8 Å². The van der Waals surface area contributed by atoms with E-state index >= 15 is 0 Å². The first-order valence-electron chi connectivity index (χ1n) is 11.3. The van der Waals surface area contributed by atoms with Crippen molar-refractivity contribution < 1.29 is 19.5 Å². The Hall–Kier alpha value is -3.38. The maximum atomic E-state index is 13.3. The number of thioether (sulfide) groups is 1. The van der Waals surface area contributed by atoms with Crippen molar-refractivity contribution in [2.45, 2.75) is 25.5 Å². The van der Waals surface area contributed by atoms with Crippen LogP contribution in [0.25, 0.3) is 11.1 Å². The van der Waals surface area contributed by atoms with Crippen LogP contribution in [0.15, 0.2) is 84.9 Å². The minimum Gasteiger partial charge on any atom is -0.481 e. The number of amides is 2. The van der Waals surface area contributed by atoms with E-state index in [2.05, 4.69) is 0 Å². The molecule has 1 N–H and O–H groups in total. The normalized spacial score (nSPS) is 11.6. The minimum absolute atomic E-state index is 0.207. The first-order valence-corrected chi connectivity index (χ1v) is 12.5. The van der Waals surface area contributed by atoms with Gasteiger partial charge >= 0.3 is 5.97 Å². The smallest absolute Gasteiger partial charge is 0.307 e. The molecule has 0 saturated heterocycles. The molecule has 0 saturated carbocycles. The van der Waals surface area contributed by atoms with Crippen molar-refractivity contribution in [1.29, 1.82) is 0 Å². The van der Waals surface area contributed by atoms with Crippen LogP contribution in [0, 0.1) is 5.92 Å². The zero-order valence-corrected chi connectivity index (χ0v) is 20.0. The summed E-state index contributed by atoms with van der Waals surface area (Å²) in [5.74, 6) is -1.76. The van der Waals surface area contributed by atoms with Gasteiger partial charge in [0.05, 0.1) is 5.92 Å². The average molecular weight is 476 g/mol. The Morgan fingerprint density at radius 3 is 2.18 bits per heavy atom. The summed E-state index contributed by atoms with van der Waals surface area (Å²) in [5.41, 5.74) is 3.38. The van der Waals surface area contributed by atoms with Crippen molar-refractivity contribution >= 4 is 29.5 Å². The first-order chi connectivity index (χ1) is 16.5. The molecule has 3 aromatic rings. The van der Waals surface area contributed by atoms with E-state index in [9.17, 15) is 19.5 Å². The fraction of sp³-hybridized carbons (Fsp3) is 0.250. The van der Waals surface area contributed by atoms with Crippen molar-refractivity contribution in [3.63, 3.8) is 0 Å². The van der Waals surface area contributed by atoms with Crippen molar-refractivity contribution in [2.24, 2.45) is 5.92 Å². The molecule has 0 aliphatic heterocycles. The van der Waals surface area contributed by atoms with Gasteiger partial charge in [-0.1, -0.05) is 79.7 Å². The highest BCUT2D eigenvalue weighted by Gasteiger charge is 2.28. The molecule has 0 bridgehead atoms. The number of carboxylic acid groups (broad SMARTS) is 1. The Kier molecular flexibility index (Phi) is 9.47. The third-order valence-electron chi connectivity index (χ3n) is 5.41. The van der Waals surface area contributed by atoms with Crippen LogP contribution in [-0.2, 0) is 15.3 Å². The van der Waals surface area contributed by atoms with E-state index in [1.165, 1.54) is 16.7 Å². The van der Waals surface area contributed by atoms with Crippen LogP contribution in [0.1, 0.15) is 35.7 Å². The summed E-state index contributed by atoms with van der Waals surface area (Å²) in [4.78, 5) is 39.4. The number of carboxylic acids is 1. The Morgan fingerprint density at radius 2 is 1.53 bits per heavy atom. The van der Waals surface area contributed by atoms with E-state index in [4.69, 9.17) is 0 Å². The summed E-state index contributed by atoms with van der Waals surface area (Å²) in [7, 11) is 0. The summed E-state index contributed by atoms with van der Waals surface area (Å²) in [6, 6.07) is 26.7. The first kappa shape index (κ1) is 25.2. The molecule has 0 heterocycles. The molecule has 0 radical (unpaired) electrons. The second-order valence-corrected chi connectivity index (χ2v) is 9.07. The van der Waals surface area contributed by atoms with Crippen LogP contribution in [0.3, 0.4) is 0 Å². The molecule has 3 rings (SSSR count). The SMILES string of the molecule is CCCN(C(=O)C[C@H](CSCc1ccccc1)C(=O)O)C(=O)c1cccc(-c2ccccc2)c1. The lowest BCUT2D eigenvalue weighted by atomic mass is 10.0. The Bertz CT molecular complexity index is 1100. The highest BCUT2D eigenvalue weighted by Crippen LogP contribution is 2.22. The number of imide groups is 1. The topological polar surface area (TPSA) is 74.7 Å². The Balaban J connectivity index is 1.69. The summed E-state index contributed by atoms with van der Waals surface area (Å²) < 4.78 is 0. The fourth-order valence-corrected chi connectivity index (χ4v) is 4.70. The molecule has 0 spiro atoms. The molecule has 0 aliphatic rings. The number of aliphatic carboxylic acids is 1. The molecule has 0 unspecified atom stereocenters. The van der Waals surface area contributed by atoms with E-state index in [1.54, 1.807) is 18.2 Å². The predicted octanol–water partition coefficient (Wildman–Crippen LogP) is 5.76. The molecular formula is C28H29NO4S. The zero-order chi connectivity index (χ0) is 24.3. The third kappa shape index (κ3) is 7.06. The van der Waals surface area contributed by atoms with Gasteiger partial charge in [-0.2, -0.15) is 11.8 Å². The van der Waals surface area contributed by atoms with Crippen molar-refractivity contribution in [3.8, 4) is 11.1 Å². The van der Waals surface area contributed by atoms with Gasteiger partial charge in [0.2, 0.25) is 5.91 Å². The number of benzene rings is 3. The van der Waals surface area contributed by atoms with E-state index in [0.29, 0.717) is 23.5 Å². The van der Waals surface area contributed by atoms with Gasteiger partial charge in [-0.15, -0.1) is 0 Å². The molecule has 0 fully saturated rings. The van der Waals surface area contributed by atoms with Gasteiger partial charge in [-0.05, 0) is 35.2 Å². The molecule has 3 aromatic carbocycles. The lowest BCUT2D eigenvalue weighted by Gasteiger charge is -2.22. The van der Waals surface area contributed by atoms with Gasteiger partial charge in [-0.3, -0.25) is 19.3 Å². The third-order valence-corrected chi connectivity index (χ3v) is 6.59. The zero-order valence-electron chi connectivity index (χ0n) is 19.2. The molecule has 6 heteroatoms. The van der Waals surface area contributed by atoms with Gasteiger partial charge in [0.1, 0.15) is 0 Å². The number of rotatable bonds is 11. The maximum absolute atomic E-state index is 13.3. The Labute approximate surface area is 204 Å². The van der Waals surface area contributed by atoms with Crippen molar-refractivity contribution in [1.82, 2.24) is 4.90 Å². The summed E-state index contributed by atoms with van der Waals surface area (Å²) in [5, 5.41) is 9.68. The molecule has 0 aromatic heterocycles. The quantitative estimate of drug-likeness (QED) is 0.382. The van der Waals surface area contributed by atoms with Gasteiger partial charge in [0.25, 0.3) is 5.91 Å². The highest BCUT2D eigenvalue weighted by atomic mass is 32.2. The summed E-state index contributed by atoms with van der Waals surface area (Å²) in [6.07, 6.45) is 0.386. The standard InChI is InChI=1S/C28H29NO4S/c1-2-16-29(27(31)24-15-9-14-23(17-24)22-12-7-4-8-13-22)26(30)18-25(28(32)33)20-34-19-21-10-5-3-6-11-21/h3-15,17,25H,2,16,18-20H2,1H3,(H,32,33)/t25-/m1/s1. The summed E-state index contributed by atoms with van der Waals surface area (Å²) in [6.45, 7) is 2.13. The van der Waals surface area contributed by atoms with Crippen LogP contribution in [0.4, 0.5) is 0 Å². The number of hydrogen-bond acceptors (Lipinski definition) is 4. The maximum Gasteiger partial charge on any atom is 0.307 e. The monoisotopic (exact) mass is 475 g/mol. The van der Waals surface area contributed by atoms with Gasteiger partial charge in [0.15, 0.2) is 0 Å². The average Bonchev–Trinajstić information content (AvgIpc) is 2.87. The van der Waals surface area contributed by atoms with Crippen LogP contribution < -0.4 is 0 Å². The second kappa shape index (κ2) is 12.8. The molecular weight excluding hydrogens is 446 g/mol. The molecule has 0 aliphatic carbocycles. The second-order valence-electron chi connectivity index (χ2n) is 8.04. The van der Waals surface area contributed by atoms with Crippen LogP contribution in [-0.4, -0.2) is 40.1 Å². The molecule has 176 valence electrons. The highest BCUT2D eigenvalue weighted by molar-refractivity contribution is 7.98. The van der Waals surface area contributed by atoms with Gasteiger partial charge in [-0.25, -0.2) is 0 Å². The van der Waals surface area contributed by atoms with E-state index in [-0.39, 0.29) is 13.0 Å². The van der Waals surface area contributed by atoms with E-state index < -0.39 is 23.7 Å². The van der Waals surface area contributed by atoms with Crippen LogP contribution in [0.5, 0.6) is 0 Å². The molecule has 34 heavy (non-hydrogen) atoms. The lowest BCUT2D eigenvalue weighted by molar-refractivity contribution is -0.144. The predicted molar refractivity (Wildman–Crippen MR) is 137 cm³/mol. The van der Waals surface area contributed by atoms with Crippen LogP contribution in [0.2, 0.25) is 0 Å². The largest absolute Gasteiger partial charge is 0.481 e.